The number of aromatic nitrogens is 1. The zero-order valence-electron chi connectivity index (χ0n) is 9.73. The van der Waals surface area contributed by atoms with Crippen LogP contribution in [0.15, 0.2) is 18.3 Å². The summed E-state index contributed by atoms with van der Waals surface area (Å²) in [5.41, 5.74) is 0. The van der Waals surface area contributed by atoms with Crippen LogP contribution in [0.25, 0.3) is 0 Å². The number of ether oxygens (including phenoxy) is 1. The molecule has 94 valence electrons. The molecule has 0 saturated heterocycles. The summed E-state index contributed by atoms with van der Waals surface area (Å²) in [4.78, 5) is 13.5. The van der Waals surface area contributed by atoms with Gasteiger partial charge in [0.2, 0.25) is 0 Å². The summed E-state index contributed by atoms with van der Waals surface area (Å²) in [5, 5.41) is 6.09. The Morgan fingerprint density at radius 2 is 2.24 bits per heavy atom. The van der Waals surface area contributed by atoms with Crippen molar-refractivity contribution in [1.29, 1.82) is 0 Å². The first-order valence-electron chi connectivity index (χ1n) is 5.05. The van der Waals surface area contributed by atoms with Gasteiger partial charge in [-0.3, -0.25) is 0 Å². The summed E-state index contributed by atoms with van der Waals surface area (Å²) in [6.45, 7) is 2.50. The number of methoxy groups -OCH3 is 1. The molecule has 1 heterocycles. The predicted molar refractivity (Wildman–Crippen MR) is 67.7 cm³/mol. The Balaban J connectivity index is 2.29. The van der Waals surface area contributed by atoms with Gasteiger partial charge in [-0.15, -0.1) is 0 Å². The van der Waals surface area contributed by atoms with Gasteiger partial charge in [-0.2, -0.15) is 0 Å². The number of nitrogens with zero attached hydrogens (tertiary/aromatic N) is 1. The lowest BCUT2D eigenvalue weighted by Crippen LogP contribution is -2.30. The number of hydrogen-bond acceptors (Lipinski definition) is 5. The van der Waals surface area contributed by atoms with E-state index in [1.807, 2.05) is 6.92 Å². The first-order valence-corrected chi connectivity index (χ1v) is 5.46. The summed E-state index contributed by atoms with van der Waals surface area (Å²) in [7, 11) is 1.58. The molecule has 0 bridgehead atoms. The van der Waals surface area contributed by atoms with Crippen molar-refractivity contribution < 1.29 is 14.5 Å². The van der Waals surface area contributed by atoms with Gasteiger partial charge in [-0.05, 0) is 31.3 Å². The minimum atomic E-state index is 0.176. The molecule has 2 N–H and O–H groups in total. The Bertz CT molecular complexity index is 345. The van der Waals surface area contributed by atoms with Crippen LogP contribution in [0.5, 0.6) is 5.75 Å². The van der Waals surface area contributed by atoms with Crippen molar-refractivity contribution in [1.82, 2.24) is 10.3 Å². The largest absolute Gasteiger partial charge is 0.495 e. The van der Waals surface area contributed by atoms with Crippen molar-refractivity contribution in [3.05, 3.63) is 18.3 Å². The second-order valence-corrected chi connectivity index (χ2v) is 3.29. The smallest absolute Gasteiger partial charge is 0.173 e. The van der Waals surface area contributed by atoms with E-state index in [1.165, 1.54) is 0 Å². The third kappa shape index (κ3) is 5.43. The van der Waals surface area contributed by atoms with E-state index in [0.717, 1.165) is 0 Å². The quantitative estimate of drug-likeness (QED) is 0.262. The molecule has 1 rings (SSSR count). The molecule has 1 aromatic heterocycles. The molecule has 0 amide bonds. The van der Waals surface area contributed by atoms with Crippen LogP contribution in [0.3, 0.4) is 0 Å². The molecule has 6 nitrogen and oxygen atoms in total. The van der Waals surface area contributed by atoms with Crippen LogP contribution in [0.4, 0.5) is 5.82 Å². The molecule has 0 aromatic carbocycles. The van der Waals surface area contributed by atoms with Crippen molar-refractivity contribution in [2.75, 3.05) is 25.8 Å². The Morgan fingerprint density at radius 3 is 2.82 bits per heavy atom. The Labute approximate surface area is 105 Å². The zero-order valence-corrected chi connectivity index (χ0v) is 10.5. The highest BCUT2D eigenvalue weighted by atomic mass is 32.1. The lowest BCUT2D eigenvalue weighted by molar-refractivity contribution is -0.292. The average molecular weight is 257 g/mol. The normalized spacial score (nSPS) is 9.76. The van der Waals surface area contributed by atoms with Crippen molar-refractivity contribution >= 4 is 23.1 Å². The average Bonchev–Trinajstić information content (AvgIpc) is 2.36. The number of anilines is 1. The van der Waals surface area contributed by atoms with E-state index in [0.29, 0.717) is 23.3 Å². The maximum absolute atomic E-state index is 5.02. The highest BCUT2D eigenvalue weighted by Crippen LogP contribution is 2.10. The monoisotopic (exact) mass is 257 g/mol. The molecule has 0 aliphatic rings. The molecule has 17 heavy (non-hydrogen) atoms. The minimum Gasteiger partial charge on any atom is -0.495 e. The Hall–Kier alpha value is -1.44. The standard InChI is InChI=1S/C10H15N3O3S/c1-3-15-16-7-12-10(17)13-9-5-4-8(14-2)6-11-9/h4-6H,3,7H2,1-2H3,(H2,11,12,13,17). The molecule has 0 radical (unpaired) electrons. The van der Waals surface area contributed by atoms with Crippen LogP contribution in [-0.4, -0.2) is 30.5 Å². The minimum absolute atomic E-state index is 0.176. The second kappa shape index (κ2) is 7.77. The van der Waals surface area contributed by atoms with Gasteiger partial charge in [0.05, 0.1) is 19.9 Å². The molecular weight excluding hydrogens is 242 g/mol. The summed E-state index contributed by atoms with van der Waals surface area (Å²) in [5.74, 6) is 1.31. The number of pyridine rings is 1. The third-order valence-electron chi connectivity index (χ3n) is 1.71. The number of nitrogens with one attached hydrogen (secondary N) is 2. The maximum Gasteiger partial charge on any atom is 0.173 e. The maximum atomic E-state index is 5.02. The van der Waals surface area contributed by atoms with E-state index in [4.69, 9.17) is 21.8 Å². The van der Waals surface area contributed by atoms with Gasteiger partial charge >= 0.3 is 0 Å². The zero-order chi connectivity index (χ0) is 12.5. The van der Waals surface area contributed by atoms with Crippen molar-refractivity contribution in [3.63, 3.8) is 0 Å². The van der Waals surface area contributed by atoms with Crippen molar-refractivity contribution in [3.8, 4) is 5.75 Å². The first-order chi connectivity index (χ1) is 8.26. The van der Waals surface area contributed by atoms with E-state index in [2.05, 4.69) is 20.5 Å². The Kier molecular flexibility index (Phi) is 6.23. The van der Waals surface area contributed by atoms with Gasteiger partial charge in [0, 0.05) is 0 Å². The molecule has 1 aromatic rings. The van der Waals surface area contributed by atoms with Gasteiger partial charge in [-0.1, -0.05) is 0 Å². The molecule has 0 fully saturated rings. The summed E-state index contributed by atoms with van der Waals surface area (Å²) in [6, 6.07) is 3.55. The first kappa shape index (κ1) is 13.6. The van der Waals surface area contributed by atoms with E-state index < -0.39 is 0 Å². The third-order valence-corrected chi connectivity index (χ3v) is 1.95. The van der Waals surface area contributed by atoms with Crippen LogP contribution in [0, 0.1) is 0 Å². The van der Waals surface area contributed by atoms with E-state index in [-0.39, 0.29) is 6.73 Å². The number of thiocarbonyl (C=S) groups is 1. The fourth-order valence-electron chi connectivity index (χ4n) is 0.956. The molecular formula is C10H15N3O3S. The molecule has 0 unspecified atom stereocenters. The fourth-order valence-corrected chi connectivity index (χ4v) is 1.12. The lowest BCUT2D eigenvalue weighted by Gasteiger charge is -2.09. The van der Waals surface area contributed by atoms with Crippen LogP contribution in [0.2, 0.25) is 0 Å². The van der Waals surface area contributed by atoms with Crippen LogP contribution >= 0.6 is 12.2 Å². The summed E-state index contributed by atoms with van der Waals surface area (Å²) >= 11 is 5.02. The summed E-state index contributed by atoms with van der Waals surface area (Å²) < 4.78 is 4.99. The SMILES string of the molecule is CCOOCNC(=S)Nc1ccc(OC)cn1. The topological polar surface area (TPSA) is 64.6 Å². The van der Waals surface area contributed by atoms with Crippen LogP contribution in [-0.2, 0) is 9.78 Å². The van der Waals surface area contributed by atoms with Crippen LogP contribution in [0.1, 0.15) is 6.92 Å². The van der Waals surface area contributed by atoms with Gasteiger partial charge < -0.3 is 15.4 Å². The van der Waals surface area contributed by atoms with Crippen molar-refractivity contribution in [2.24, 2.45) is 0 Å². The van der Waals surface area contributed by atoms with Gasteiger partial charge in [0.15, 0.2) is 11.8 Å². The van der Waals surface area contributed by atoms with Gasteiger partial charge in [0.25, 0.3) is 0 Å². The molecule has 0 aliphatic heterocycles. The molecule has 7 heteroatoms. The van der Waals surface area contributed by atoms with Crippen molar-refractivity contribution in [2.45, 2.75) is 6.92 Å². The molecule has 0 atom stereocenters. The van der Waals surface area contributed by atoms with Gasteiger partial charge in [0.1, 0.15) is 11.6 Å². The molecule has 0 spiro atoms. The van der Waals surface area contributed by atoms with E-state index in [1.54, 1.807) is 25.4 Å². The van der Waals surface area contributed by atoms with E-state index in [9.17, 15) is 0 Å². The lowest BCUT2D eigenvalue weighted by atomic mass is 10.4. The highest BCUT2D eigenvalue weighted by molar-refractivity contribution is 7.80. The fraction of sp³-hybridized carbons (Fsp3) is 0.400. The van der Waals surface area contributed by atoms with E-state index >= 15 is 0 Å². The van der Waals surface area contributed by atoms with Crippen LogP contribution < -0.4 is 15.4 Å². The Morgan fingerprint density at radius 1 is 1.41 bits per heavy atom. The number of rotatable bonds is 6. The van der Waals surface area contributed by atoms with Gasteiger partial charge in [-0.25, -0.2) is 14.8 Å². The summed E-state index contributed by atoms with van der Waals surface area (Å²) in [6.07, 6.45) is 1.60. The highest BCUT2D eigenvalue weighted by Gasteiger charge is 1.99. The predicted octanol–water partition coefficient (Wildman–Crippen LogP) is 1.30. The number of hydrogen-bond donors (Lipinski definition) is 2. The molecule has 0 aliphatic carbocycles. The molecule has 0 saturated carbocycles. The second-order valence-electron chi connectivity index (χ2n) is 2.88.